The van der Waals surface area contributed by atoms with Crippen molar-refractivity contribution in [3.05, 3.63) is 62.5 Å². The molecule has 1 aliphatic heterocycles. The van der Waals surface area contributed by atoms with Gasteiger partial charge in [-0.2, -0.15) is 5.26 Å². The Morgan fingerprint density at radius 1 is 1.16 bits per heavy atom. The lowest BCUT2D eigenvalue weighted by atomic mass is 9.80. The number of hydrogen-bond acceptors (Lipinski definition) is 10. The van der Waals surface area contributed by atoms with Crippen LogP contribution in [0.4, 0.5) is 5.69 Å². The predicted octanol–water partition coefficient (Wildman–Crippen LogP) is 2.00. The summed E-state index contributed by atoms with van der Waals surface area (Å²) in [6.07, 6.45) is 0. The maximum atomic E-state index is 12.9. The van der Waals surface area contributed by atoms with E-state index in [-0.39, 0.29) is 53.6 Å². The van der Waals surface area contributed by atoms with E-state index in [4.69, 9.17) is 14.2 Å². The zero-order chi connectivity index (χ0) is 23.8. The third kappa shape index (κ3) is 5.48. The first kappa shape index (κ1) is 24.1. The molecule has 1 unspecified atom stereocenters. The molecule has 0 bridgehead atoms. The summed E-state index contributed by atoms with van der Waals surface area (Å²) in [5.41, 5.74) is -0.161. The van der Waals surface area contributed by atoms with Crippen LogP contribution in [0.1, 0.15) is 32.3 Å². The number of nitriles is 1. The standard InChI is InChI=1S/C21H21N3O8/c1-4-30-21(27)19-16(11-22)23-12(2)17(20(26)32-9-8-31-13(3)25)18(19)14-6-5-7-15(10-14)24(28)29/h5-7,10,18,23H,4,8-9H2,1-3H3. The number of dihydropyridines is 1. The van der Waals surface area contributed by atoms with Crippen molar-refractivity contribution in [2.75, 3.05) is 19.8 Å². The first-order valence-corrected chi connectivity index (χ1v) is 9.55. The van der Waals surface area contributed by atoms with Crippen molar-refractivity contribution < 1.29 is 33.5 Å². The van der Waals surface area contributed by atoms with Gasteiger partial charge in [0.15, 0.2) is 0 Å². The Morgan fingerprint density at radius 3 is 2.41 bits per heavy atom. The van der Waals surface area contributed by atoms with Crippen LogP contribution in [0.2, 0.25) is 0 Å². The number of ether oxygens (including phenoxy) is 3. The summed E-state index contributed by atoms with van der Waals surface area (Å²) < 4.78 is 15.0. The number of hydrogen-bond donors (Lipinski definition) is 1. The van der Waals surface area contributed by atoms with E-state index in [2.05, 4.69) is 5.32 Å². The van der Waals surface area contributed by atoms with Gasteiger partial charge in [-0.15, -0.1) is 0 Å². The lowest BCUT2D eigenvalue weighted by Crippen LogP contribution is -2.33. The molecule has 0 fully saturated rings. The molecule has 1 aromatic carbocycles. The molecule has 1 atom stereocenters. The monoisotopic (exact) mass is 443 g/mol. The molecule has 1 heterocycles. The molecule has 2 rings (SSSR count). The highest BCUT2D eigenvalue weighted by molar-refractivity contribution is 6.00. The second-order valence-electron chi connectivity index (χ2n) is 6.55. The summed E-state index contributed by atoms with van der Waals surface area (Å²) in [6.45, 7) is 3.87. The van der Waals surface area contributed by atoms with Crippen LogP contribution in [0.3, 0.4) is 0 Å². The van der Waals surface area contributed by atoms with Gasteiger partial charge < -0.3 is 19.5 Å². The molecule has 0 aliphatic carbocycles. The first-order valence-electron chi connectivity index (χ1n) is 9.55. The van der Waals surface area contributed by atoms with E-state index in [1.165, 1.54) is 38.1 Å². The molecule has 1 N–H and O–H groups in total. The van der Waals surface area contributed by atoms with Gasteiger partial charge in [0.2, 0.25) is 0 Å². The zero-order valence-electron chi connectivity index (χ0n) is 17.7. The smallest absolute Gasteiger partial charge is 0.337 e. The summed E-state index contributed by atoms with van der Waals surface area (Å²) in [5.74, 6) is -3.41. The molecule has 0 amide bonds. The summed E-state index contributed by atoms with van der Waals surface area (Å²) in [4.78, 5) is 47.2. The van der Waals surface area contributed by atoms with Gasteiger partial charge >= 0.3 is 17.9 Å². The molecule has 11 heteroatoms. The number of allylic oxidation sites excluding steroid dienone is 2. The van der Waals surface area contributed by atoms with E-state index < -0.39 is 28.7 Å². The van der Waals surface area contributed by atoms with Crippen molar-refractivity contribution in [3.63, 3.8) is 0 Å². The van der Waals surface area contributed by atoms with Crippen molar-refractivity contribution in [1.29, 1.82) is 5.26 Å². The largest absolute Gasteiger partial charge is 0.463 e. The molecular formula is C21H21N3O8. The Labute approximate surface area is 183 Å². The van der Waals surface area contributed by atoms with Crippen molar-refractivity contribution >= 4 is 23.6 Å². The Bertz CT molecular complexity index is 1050. The maximum absolute atomic E-state index is 12.9. The van der Waals surface area contributed by atoms with E-state index in [0.717, 1.165) is 0 Å². The first-order chi connectivity index (χ1) is 15.2. The number of benzene rings is 1. The number of carbonyl (C=O) groups is 3. The van der Waals surface area contributed by atoms with Gasteiger partial charge in [0.1, 0.15) is 25.0 Å². The summed E-state index contributed by atoms with van der Waals surface area (Å²) in [5, 5.41) is 23.6. The van der Waals surface area contributed by atoms with Crippen LogP contribution in [0, 0.1) is 21.4 Å². The summed E-state index contributed by atoms with van der Waals surface area (Å²) in [6, 6.07) is 7.25. The molecule has 1 aliphatic rings. The van der Waals surface area contributed by atoms with Gasteiger partial charge in [0, 0.05) is 24.8 Å². The molecule has 11 nitrogen and oxygen atoms in total. The SMILES string of the molecule is CCOC(=O)C1=C(C#N)NC(C)=C(C(=O)OCCOC(C)=O)C1c1cccc([N+](=O)[O-])c1. The highest BCUT2D eigenvalue weighted by Crippen LogP contribution is 2.40. The second kappa shape index (κ2) is 10.7. The minimum absolute atomic E-state index is 0.00750. The van der Waals surface area contributed by atoms with Gasteiger partial charge in [-0.05, 0) is 19.4 Å². The van der Waals surface area contributed by atoms with Crippen LogP contribution in [-0.4, -0.2) is 42.7 Å². The number of nitro benzene ring substituents is 1. The van der Waals surface area contributed by atoms with Crippen LogP contribution in [0.15, 0.2) is 46.8 Å². The predicted molar refractivity (Wildman–Crippen MR) is 109 cm³/mol. The van der Waals surface area contributed by atoms with Crippen molar-refractivity contribution in [1.82, 2.24) is 5.32 Å². The Hall–Kier alpha value is -4.20. The third-order valence-corrected chi connectivity index (χ3v) is 4.43. The topological polar surface area (TPSA) is 158 Å². The minimum Gasteiger partial charge on any atom is -0.463 e. The van der Waals surface area contributed by atoms with E-state index >= 15 is 0 Å². The van der Waals surface area contributed by atoms with E-state index in [9.17, 15) is 29.8 Å². The maximum Gasteiger partial charge on any atom is 0.337 e. The number of non-ortho nitro benzene ring substituents is 1. The van der Waals surface area contributed by atoms with Crippen LogP contribution < -0.4 is 5.32 Å². The number of carbonyl (C=O) groups excluding carboxylic acids is 3. The molecule has 1 aromatic rings. The molecule has 0 spiro atoms. The van der Waals surface area contributed by atoms with Gasteiger partial charge in [-0.1, -0.05) is 12.1 Å². The van der Waals surface area contributed by atoms with Crippen molar-refractivity contribution in [2.45, 2.75) is 26.7 Å². The molecule has 32 heavy (non-hydrogen) atoms. The van der Waals surface area contributed by atoms with Crippen molar-refractivity contribution in [3.8, 4) is 6.07 Å². The fourth-order valence-corrected chi connectivity index (χ4v) is 3.16. The van der Waals surface area contributed by atoms with E-state index in [1.54, 1.807) is 6.92 Å². The summed E-state index contributed by atoms with van der Waals surface area (Å²) in [7, 11) is 0. The fraction of sp³-hybridized carbons (Fsp3) is 0.333. The Kier molecular flexibility index (Phi) is 8.06. The lowest BCUT2D eigenvalue weighted by molar-refractivity contribution is -0.384. The lowest BCUT2D eigenvalue weighted by Gasteiger charge is -2.29. The Balaban J connectivity index is 2.57. The Morgan fingerprint density at radius 2 is 1.81 bits per heavy atom. The van der Waals surface area contributed by atoms with Gasteiger partial charge in [-0.3, -0.25) is 14.9 Å². The van der Waals surface area contributed by atoms with Gasteiger partial charge in [0.25, 0.3) is 5.69 Å². The molecule has 0 saturated carbocycles. The molecule has 168 valence electrons. The van der Waals surface area contributed by atoms with Crippen LogP contribution >= 0.6 is 0 Å². The van der Waals surface area contributed by atoms with Gasteiger partial charge in [0.05, 0.1) is 28.6 Å². The number of esters is 3. The van der Waals surface area contributed by atoms with E-state index in [1.807, 2.05) is 6.07 Å². The van der Waals surface area contributed by atoms with Crippen molar-refractivity contribution in [2.24, 2.45) is 0 Å². The normalized spacial score (nSPS) is 15.4. The van der Waals surface area contributed by atoms with Gasteiger partial charge in [-0.25, -0.2) is 9.59 Å². The fourth-order valence-electron chi connectivity index (χ4n) is 3.16. The zero-order valence-corrected chi connectivity index (χ0v) is 17.7. The molecular weight excluding hydrogens is 422 g/mol. The highest BCUT2D eigenvalue weighted by atomic mass is 16.6. The highest BCUT2D eigenvalue weighted by Gasteiger charge is 2.39. The number of nitro groups is 1. The minimum atomic E-state index is -1.16. The van der Waals surface area contributed by atoms with E-state index in [0.29, 0.717) is 0 Å². The van der Waals surface area contributed by atoms with Crippen LogP contribution in [0.25, 0.3) is 0 Å². The summed E-state index contributed by atoms with van der Waals surface area (Å²) >= 11 is 0. The average Bonchev–Trinajstić information content (AvgIpc) is 2.75. The second-order valence-corrected chi connectivity index (χ2v) is 6.55. The number of nitrogens with zero attached hydrogens (tertiary/aromatic N) is 2. The van der Waals surface area contributed by atoms with Crippen LogP contribution in [-0.2, 0) is 28.6 Å². The molecule has 0 aromatic heterocycles. The van der Waals surface area contributed by atoms with Crippen LogP contribution in [0.5, 0.6) is 0 Å². The number of rotatable bonds is 8. The number of nitrogens with one attached hydrogen (secondary N) is 1. The average molecular weight is 443 g/mol. The molecule has 0 radical (unpaired) electrons. The molecule has 0 saturated heterocycles. The third-order valence-electron chi connectivity index (χ3n) is 4.43. The quantitative estimate of drug-likeness (QED) is 0.207.